The lowest BCUT2D eigenvalue weighted by atomic mass is 10.1. The third-order valence-corrected chi connectivity index (χ3v) is 3.01. The molecule has 8 nitrogen and oxygen atoms in total. The zero-order valence-electron chi connectivity index (χ0n) is 10.6. The Bertz CT molecular complexity index is 546. The monoisotopic (exact) mass is 281 g/mol. The normalized spacial score (nSPS) is 19.9. The highest BCUT2D eigenvalue weighted by Gasteiger charge is 2.28. The summed E-state index contributed by atoms with van der Waals surface area (Å²) in [6.45, 7) is 0.689. The van der Waals surface area contributed by atoms with E-state index in [4.69, 9.17) is 15.7 Å². The SMILES string of the molecule is N/C(=N/O)C1CN(C(=O)c2ccc(O)cc2O)CCO1. The Balaban J connectivity index is 2.16. The smallest absolute Gasteiger partial charge is 0.257 e. The number of amidine groups is 1. The van der Waals surface area contributed by atoms with Gasteiger partial charge in [0.25, 0.3) is 5.91 Å². The van der Waals surface area contributed by atoms with Crippen LogP contribution in [0.3, 0.4) is 0 Å². The molecule has 1 saturated heterocycles. The molecule has 1 aliphatic rings. The molecule has 0 saturated carbocycles. The number of amides is 1. The lowest BCUT2D eigenvalue weighted by Crippen LogP contribution is -2.50. The van der Waals surface area contributed by atoms with E-state index in [2.05, 4.69) is 5.16 Å². The van der Waals surface area contributed by atoms with E-state index in [1.165, 1.54) is 17.0 Å². The number of carbonyl (C=O) groups is 1. The Kier molecular flexibility index (Phi) is 3.94. The molecule has 1 aromatic rings. The van der Waals surface area contributed by atoms with Crippen molar-refractivity contribution in [2.75, 3.05) is 19.7 Å². The maximum atomic E-state index is 12.3. The molecule has 2 rings (SSSR count). The van der Waals surface area contributed by atoms with Gasteiger partial charge < -0.3 is 30.8 Å². The van der Waals surface area contributed by atoms with Crippen molar-refractivity contribution in [2.24, 2.45) is 10.9 Å². The zero-order chi connectivity index (χ0) is 14.7. The van der Waals surface area contributed by atoms with Crippen LogP contribution >= 0.6 is 0 Å². The molecule has 0 radical (unpaired) electrons. The van der Waals surface area contributed by atoms with Crippen molar-refractivity contribution in [3.05, 3.63) is 23.8 Å². The van der Waals surface area contributed by atoms with Gasteiger partial charge in [0.05, 0.1) is 18.7 Å². The summed E-state index contributed by atoms with van der Waals surface area (Å²) in [7, 11) is 0. The molecule has 5 N–H and O–H groups in total. The summed E-state index contributed by atoms with van der Waals surface area (Å²) in [6, 6.07) is 3.74. The van der Waals surface area contributed by atoms with Crippen molar-refractivity contribution >= 4 is 11.7 Å². The molecule has 0 bridgehead atoms. The lowest BCUT2D eigenvalue weighted by Gasteiger charge is -2.32. The highest BCUT2D eigenvalue weighted by molar-refractivity contribution is 5.97. The van der Waals surface area contributed by atoms with Crippen LogP contribution in [0.2, 0.25) is 0 Å². The van der Waals surface area contributed by atoms with Crippen LogP contribution in [0, 0.1) is 0 Å². The molecule has 108 valence electrons. The maximum absolute atomic E-state index is 12.3. The minimum atomic E-state index is -0.683. The predicted molar refractivity (Wildman–Crippen MR) is 68.8 cm³/mol. The second-order valence-electron chi connectivity index (χ2n) is 4.34. The van der Waals surface area contributed by atoms with Gasteiger partial charge in [0.1, 0.15) is 17.6 Å². The number of oxime groups is 1. The molecule has 1 aliphatic heterocycles. The lowest BCUT2D eigenvalue weighted by molar-refractivity contribution is 0.00662. The summed E-state index contributed by atoms with van der Waals surface area (Å²) in [5.74, 6) is -0.962. The number of ether oxygens (including phenoxy) is 1. The van der Waals surface area contributed by atoms with Crippen LogP contribution in [0.4, 0.5) is 0 Å². The average Bonchev–Trinajstić information content (AvgIpc) is 2.46. The van der Waals surface area contributed by atoms with Gasteiger partial charge in [-0.15, -0.1) is 0 Å². The van der Waals surface area contributed by atoms with Gasteiger partial charge in [-0.05, 0) is 12.1 Å². The quantitative estimate of drug-likeness (QED) is 0.255. The number of rotatable bonds is 2. The van der Waals surface area contributed by atoms with Crippen LogP contribution in [0.1, 0.15) is 10.4 Å². The fourth-order valence-corrected chi connectivity index (χ4v) is 1.95. The number of hydrogen-bond donors (Lipinski definition) is 4. The van der Waals surface area contributed by atoms with E-state index in [9.17, 15) is 15.0 Å². The number of carbonyl (C=O) groups excluding carboxylic acids is 1. The van der Waals surface area contributed by atoms with E-state index in [1.807, 2.05) is 0 Å². The van der Waals surface area contributed by atoms with Gasteiger partial charge in [0, 0.05) is 12.6 Å². The Morgan fingerprint density at radius 1 is 1.45 bits per heavy atom. The van der Waals surface area contributed by atoms with E-state index in [-0.39, 0.29) is 36.0 Å². The second-order valence-corrected chi connectivity index (χ2v) is 4.34. The maximum Gasteiger partial charge on any atom is 0.257 e. The summed E-state index contributed by atoms with van der Waals surface area (Å²) >= 11 is 0. The van der Waals surface area contributed by atoms with Crippen molar-refractivity contribution in [1.82, 2.24) is 4.90 Å². The van der Waals surface area contributed by atoms with Crippen molar-refractivity contribution < 1.29 is 25.0 Å². The van der Waals surface area contributed by atoms with Crippen LogP contribution in [0.5, 0.6) is 11.5 Å². The third-order valence-electron chi connectivity index (χ3n) is 3.01. The van der Waals surface area contributed by atoms with Crippen LogP contribution in [-0.4, -0.2) is 57.9 Å². The van der Waals surface area contributed by atoms with Crippen molar-refractivity contribution in [1.29, 1.82) is 0 Å². The summed E-state index contributed by atoms with van der Waals surface area (Å²) in [5, 5.41) is 30.4. The average molecular weight is 281 g/mol. The third kappa shape index (κ3) is 2.75. The first-order valence-electron chi connectivity index (χ1n) is 5.93. The molecule has 8 heteroatoms. The van der Waals surface area contributed by atoms with Gasteiger partial charge in [-0.3, -0.25) is 4.79 Å². The molecular formula is C12H15N3O5. The fourth-order valence-electron chi connectivity index (χ4n) is 1.95. The highest BCUT2D eigenvalue weighted by Crippen LogP contribution is 2.24. The van der Waals surface area contributed by atoms with E-state index in [1.54, 1.807) is 0 Å². The second kappa shape index (κ2) is 5.66. The molecule has 1 unspecified atom stereocenters. The molecule has 1 amide bonds. The molecule has 1 fully saturated rings. The molecule has 1 aromatic carbocycles. The first-order chi connectivity index (χ1) is 9.52. The molecule has 0 spiro atoms. The highest BCUT2D eigenvalue weighted by atomic mass is 16.5. The van der Waals surface area contributed by atoms with E-state index in [0.29, 0.717) is 6.54 Å². The van der Waals surface area contributed by atoms with E-state index in [0.717, 1.165) is 6.07 Å². The summed E-state index contributed by atoms with van der Waals surface area (Å²) in [5.41, 5.74) is 5.53. The summed E-state index contributed by atoms with van der Waals surface area (Å²) in [6.07, 6.45) is -0.683. The van der Waals surface area contributed by atoms with Crippen molar-refractivity contribution in [3.8, 4) is 11.5 Å². The largest absolute Gasteiger partial charge is 0.508 e. The minimum absolute atomic E-state index is 0.0722. The first kappa shape index (κ1) is 13.9. The molecule has 1 heterocycles. The van der Waals surface area contributed by atoms with Crippen molar-refractivity contribution in [2.45, 2.75) is 6.10 Å². The van der Waals surface area contributed by atoms with Gasteiger partial charge in [-0.1, -0.05) is 5.16 Å². The Hall–Kier alpha value is -2.48. The number of aromatic hydroxyl groups is 2. The fraction of sp³-hybridized carbons (Fsp3) is 0.333. The Labute approximate surface area is 114 Å². The Morgan fingerprint density at radius 2 is 2.20 bits per heavy atom. The summed E-state index contributed by atoms with van der Waals surface area (Å²) in [4.78, 5) is 13.7. The molecular weight excluding hydrogens is 266 g/mol. The number of morpholine rings is 1. The molecule has 20 heavy (non-hydrogen) atoms. The number of hydrogen-bond acceptors (Lipinski definition) is 6. The van der Waals surface area contributed by atoms with E-state index >= 15 is 0 Å². The molecule has 0 aliphatic carbocycles. The number of nitrogens with two attached hydrogens (primary N) is 1. The van der Waals surface area contributed by atoms with Crippen LogP contribution < -0.4 is 5.73 Å². The van der Waals surface area contributed by atoms with Crippen LogP contribution in [0.25, 0.3) is 0 Å². The minimum Gasteiger partial charge on any atom is -0.508 e. The van der Waals surface area contributed by atoms with Crippen molar-refractivity contribution in [3.63, 3.8) is 0 Å². The van der Waals surface area contributed by atoms with Crippen LogP contribution in [0.15, 0.2) is 23.4 Å². The van der Waals surface area contributed by atoms with Gasteiger partial charge in [0.2, 0.25) is 0 Å². The topological polar surface area (TPSA) is 129 Å². The van der Waals surface area contributed by atoms with Gasteiger partial charge in [-0.2, -0.15) is 0 Å². The summed E-state index contributed by atoms with van der Waals surface area (Å²) < 4.78 is 5.28. The number of nitrogens with zero attached hydrogens (tertiary/aromatic N) is 2. The standard InChI is InChI=1S/C12H15N3O5/c13-11(14-19)10-6-15(3-4-20-10)12(18)8-2-1-7(16)5-9(8)17/h1-2,5,10,16-17,19H,3-4,6H2,(H2,13,14). The predicted octanol–water partition coefficient (Wildman–Crippen LogP) is -0.315. The number of phenolic OH excluding ortho intramolecular Hbond substituents is 2. The van der Waals surface area contributed by atoms with Gasteiger partial charge in [-0.25, -0.2) is 0 Å². The van der Waals surface area contributed by atoms with Crippen LogP contribution in [-0.2, 0) is 4.74 Å². The molecule has 0 aromatic heterocycles. The number of phenols is 2. The first-order valence-corrected chi connectivity index (χ1v) is 5.93. The Morgan fingerprint density at radius 3 is 2.85 bits per heavy atom. The molecule has 1 atom stereocenters. The van der Waals surface area contributed by atoms with Gasteiger partial charge in [0.15, 0.2) is 5.84 Å². The van der Waals surface area contributed by atoms with E-state index < -0.39 is 12.0 Å². The number of benzene rings is 1. The van der Waals surface area contributed by atoms with Gasteiger partial charge >= 0.3 is 0 Å². The zero-order valence-corrected chi connectivity index (χ0v) is 10.6.